The summed E-state index contributed by atoms with van der Waals surface area (Å²) in [6, 6.07) is 4.97. The first kappa shape index (κ1) is 14.0. The van der Waals surface area contributed by atoms with Crippen LogP contribution in [0.3, 0.4) is 0 Å². The zero-order valence-corrected chi connectivity index (χ0v) is 12.8. The maximum absolute atomic E-state index is 12.5. The van der Waals surface area contributed by atoms with Gasteiger partial charge in [0.15, 0.2) is 5.82 Å². The van der Waals surface area contributed by atoms with Crippen molar-refractivity contribution in [2.45, 2.75) is 18.7 Å². The molecule has 2 N–H and O–H groups in total. The third-order valence-electron chi connectivity index (χ3n) is 3.28. The highest BCUT2D eigenvalue weighted by molar-refractivity contribution is 7.93. The van der Waals surface area contributed by atoms with Crippen molar-refractivity contribution in [2.75, 3.05) is 4.72 Å². The molecule has 0 fully saturated rings. The highest BCUT2D eigenvalue weighted by atomic mass is 35.5. The normalized spacial score (nSPS) is 12.0. The van der Waals surface area contributed by atoms with Gasteiger partial charge in [-0.25, -0.2) is 8.42 Å². The highest BCUT2D eigenvalue weighted by Crippen LogP contribution is 2.27. The summed E-state index contributed by atoms with van der Waals surface area (Å²) < 4.78 is 32.3. The van der Waals surface area contributed by atoms with Gasteiger partial charge in [0.1, 0.15) is 10.7 Å². The predicted octanol–water partition coefficient (Wildman–Crippen LogP) is 3.23. The summed E-state index contributed by atoms with van der Waals surface area (Å²) in [5.74, 6) is 0.759. The number of benzene rings is 1. The van der Waals surface area contributed by atoms with Crippen LogP contribution in [0.4, 0.5) is 5.82 Å². The van der Waals surface area contributed by atoms with Crippen molar-refractivity contribution in [2.24, 2.45) is 0 Å². The van der Waals surface area contributed by atoms with Crippen molar-refractivity contribution in [3.05, 3.63) is 40.7 Å². The SMILES string of the molecule is Cc1onc(NS(=O)(=O)c2c[nH]c3cc(Cl)ccc23)c1C. The summed E-state index contributed by atoms with van der Waals surface area (Å²) in [5.41, 5.74) is 1.30. The van der Waals surface area contributed by atoms with Gasteiger partial charge in [-0.2, -0.15) is 0 Å². The molecule has 0 saturated carbocycles. The van der Waals surface area contributed by atoms with Crippen LogP contribution in [0.15, 0.2) is 33.8 Å². The van der Waals surface area contributed by atoms with E-state index in [4.69, 9.17) is 16.1 Å². The number of aryl methyl sites for hydroxylation is 1. The molecule has 110 valence electrons. The predicted molar refractivity (Wildman–Crippen MR) is 80.1 cm³/mol. The lowest BCUT2D eigenvalue weighted by molar-refractivity contribution is 0.399. The molecule has 21 heavy (non-hydrogen) atoms. The summed E-state index contributed by atoms with van der Waals surface area (Å²) >= 11 is 5.89. The van der Waals surface area contributed by atoms with Gasteiger partial charge in [-0.3, -0.25) is 4.72 Å². The van der Waals surface area contributed by atoms with Crippen LogP contribution in [0.25, 0.3) is 10.9 Å². The zero-order chi connectivity index (χ0) is 15.2. The lowest BCUT2D eigenvalue weighted by Gasteiger charge is -2.04. The average molecular weight is 326 g/mol. The molecule has 0 aliphatic rings. The third-order valence-corrected chi connectivity index (χ3v) is 4.90. The van der Waals surface area contributed by atoms with E-state index < -0.39 is 10.0 Å². The van der Waals surface area contributed by atoms with E-state index in [-0.39, 0.29) is 10.7 Å². The first-order valence-corrected chi connectivity index (χ1v) is 7.97. The Kier molecular flexibility index (Phi) is 3.18. The molecule has 0 aliphatic carbocycles. The molecular weight excluding hydrogens is 314 g/mol. The van der Waals surface area contributed by atoms with Gasteiger partial charge in [-0.15, -0.1) is 0 Å². The maximum atomic E-state index is 12.5. The van der Waals surface area contributed by atoms with Crippen LogP contribution in [-0.2, 0) is 10.0 Å². The Bertz CT molecular complexity index is 927. The number of aromatic nitrogens is 2. The fourth-order valence-electron chi connectivity index (χ4n) is 1.99. The molecule has 0 radical (unpaired) electrons. The first-order valence-electron chi connectivity index (χ1n) is 6.11. The topological polar surface area (TPSA) is 88.0 Å². The molecule has 0 unspecified atom stereocenters. The Morgan fingerprint density at radius 2 is 2.10 bits per heavy atom. The van der Waals surface area contributed by atoms with E-state index in [1.165, 1.54) is 6.20 Å². The lowest BCUT2D eigenvalue weighted by Crippen LogP contribution is -2.13. The van der Waals surface area contributed by atoms with Crippen LogP contribution in [0.1, 0.15) is 11.3 Å². The van der Waals surface area contributed by atoms with Crippen LogP contribution in [0.5, 0.6) is 0 Å². The number of rotatable bonds is 3. The van der Waals surface area contributed by atoms with Gasteiger partial charge in [-0.1, -0.05) is 16.8 Å². The van der Waals surface area contributed by atoms with Gasteiger partial charge in [0.05, 0.1) is 0 Å². The highest BCUT2D eigenvalue weighted by Gasteiger charge is 2.22. The van der Waals surface area contributed by atoms with Crippen molar-refractivity contribution < 1.29 is 12.9 Å². The number of hydrogen-bond donors (Lipinski definition) is 2. The molecule has 1 aromatic carbocycles. The second kappa shape index (κ2) is 4.78. The Hall–Kier alpha value is -1.99. The van der Waals surface area contributed by atoms with Gasteiger partial charge in [-0.05, 0) is 32.0 Å². The van der Waals surface area contributed by atoms with Crippen molar-refractivity contribution in [1.29, 1.82) is 0 Å². The number of anilines is 1. The molecule has 0 aliphatic heterocycles. The largest absolute Gasteiger partial charge is 0.360 e. The van der Waals surface area contributed by atoms with Crippen molar-refractivity contribution in [3.63, 3.8) is 0 Å². The van der Waals surface area contributed by atoms with Gasteiger partial charge in [0.2, 0.25) is 0 Å². The zero-order valence-electron chi connectivity index (χ0n) is 11.3. The first-order chi connectivity index (χ1) is 9.88. The molecule has 0 spiro atoms. The Morgan fingerprint density at radius 3 is 2.76 bits per heavy atom. The standard InChI is InChI=1S/C13H12ClN3O3S/c1-7-8(2)20-16-13(7)17-21(18,19)12-6-15-11-5-9(14)3-4-10(11)12/h3-6,15H,1-2H3,(H,16,17). The second-order valence-corrected chi connectivity index (χ2v) is 6.75. The molecule has 8 heteroatoms. The Balaban J connectivity index is 2.06. The van der Waals surface area contributed by atoms with Gasteiger partial charge < -0.3 is 9.51 Å². The monoisotopic (exact) mass is 325 g/mol. The number of halogens is 1. The fourth-order valence-corrected chi connectivity index (χ4v) is 3.40. The summed E-state index contributed by atoms with van der Waals surface area (Å²) in [5, 5.41) is 4.80. The number of fused-ring (bicyclic) bond motifs is 1. The molecule has 3 rings (SSSR count). The third kappa shape index (κ3) is 2.38. The van der Waals surface area contributed by atoms with E-state index in [0.717, 1.165) is 0 Å². The molecule has 0 atom stereocenters. The second-order valence-electron chi connectivity index (χ2n) is 4.66. The molecular formula is C13H12ClN3O3S. The molecule has 6 nitrogen and oxygen atoms in total. The van der Waals surface area contributed by atoms with E-state index in [9.17, 15) is 8.42 Å². The number of aromatic amines is 1. The van der Waals surface area contributed by atoms with Crippen LogP contribution in [-0.4, -0.2) is 18.6 Å². The van der Waals surface area contributed by atoms with Crippen molar-refractivity contribution in [3.8, 4) is 0 Å². The van der Waals surface area contributed by atoms with E-state index in [2.05, 4.69) is 14.9 Å². The molecule has 3 aromatic rings. The quantitative estimate of drug-likeness (QED) is 0.773. The molecule has 2 heterocycles. The summed E-state index contributed by atoms with van der Waals surface area (Å²) in [7, 11) is -3.77. The van der Waals surface area contributed by atoms with Gasteiger partial charge >= 0.3 is 0 Å². The maximum Gasteiger partial charge on any atom is 0.265 e. The fraction of sp³-hybridized carbons (Fsp3) is 0.154. The lowest BCUT2D eigenvalue weighted by atomic mass is 10.2. The smallest absolute Gasteiger partial charge is 0.265 e. The minimum Gasteiger partial charge on any atom is -0.360 e. The van der Waals surface area contributed by atoms with Crippen LogP contribution < -0.4 is 4.72 Å². The summed E-state index contributed by atoms with van der Waals surface area (Å²) in [4.78, 5) is 3.03. The molecule has 0 amide bonds. The van der Waals surface area contributed by atoms with E-state index in [1.807, 2.05) is 0 Å². The van der Waals surface area contributed by atoms with Crippen molar-refractivity contribution >= 4 is 38.3 Å². The molecule has 0 bridgehead atoms. The van der Waals surface area contributed by atoms with Crippen molar-refractivity contribution in [1.82, 2.24) is 10.1 Å². The number of nitrogens with one attached hydrogen (secondary N) is 2. The van der Waals surface area contributed by atoms with Crippen LogP contribution >= 0.6 is 11.6 Å². The van der Waals surface area contributed by atoms with E-state index >= 15 is 0 Å². The summed E-state index contributed by atoms with van der Waals surface area (Å²) in [6.45, 7) is 3.45. The Labute approximate surface area is 126 Å². The molecule has 2 aromatic heterocycles. The number of hydrogen-bond acceptors (Lipinski definition) is 4. The van der Waals surface area contributed by atoms with Gasteiger partial charge in [0.25, 0.3) is 10.0 Å². The number of H-pyrrole nitrogens is 1. The van der Waals surface area contributed by atoms with Crippen LogP contribution in [0, 0.1) is 13.8 Å². The Morgan fingerprint density at radius 1 is 1.33 bits per heavy atom. The number of nitrogens with zero attached hydrogens (tertiary/aromatic N) is 1. The number of sulfonamides is 1. The summed E-state index contributed by atoms with van der Waals surface area (Å²) in [6.07, 6.45) is 1.42. The molecule has 0 saturated heterocycles. The van der Waals surface area contributed by atoms with Gasteiger partial charge in [0, 0.05) is 27.7 Å². The van der Waals surface area contributed by atoms with E-state index in [1.54, 1.807) is 32.0 Å². The van der Waals surface area contributed by atoms with Crippen LogP contribution in [0.2, 0.25) is 5.02 Å². The minimum atomic E-state index is -3.77. The van der Waals surface area contributed by atoms with E-state index in [0.29, 0.717) is 27.2 Å². The average Bonchev–Trinajstić information content (AvgIpc) is 2.97. The minimum absolute atomic E-state index is 0.134.